The molecule has 62 valence electrons. The van der Waals surface area contributed by atoms with E-state index >= 15 is 0 Å². The molecule has 0 aromatic rings. The molecule has 2 N–H and O–H groups in total. The zero-order valence-electron chi connectivity index (χ0n) is 6.40. The number of aliphatic hydroxyl groups is 2. The minimum atomic E-state index is -0.132. The summed E-state index contributed by atoms with van der Waals surface area (Å²) in [5, 5.41) is 17.5. The van der Waals surface area contributed by atoms with E-state index in [0.29, 0.717) is 0 Å². The number of rotatable bonds is 3. The van der Waals surface area contributed by atoms with Crippen LogP contribution in [0.3, 0.4) is 0 Å². The highest BCUT2D eigenvalue weighted by Gasteiger charge is 2.04. The lowest BCUT2D eigenvalue weighted by Gasteiger charge is -2.21. The quantitative estimate of drug-likeness (QED) is 0.580. The maximum absolute atomic E-state index is 8.77. The second-order valence-corrected chi connectivity index (χ2v) is 2.43. The predicted octanol–water partition coefficient (Wildman–Crippen LogP) is 0.422. The third-order valence-electron chi connectivity index (χ3n) is 1.68. The minimum Gasteiger partial charge on any atom is -0.376 e. The molecule has 0 aromatic carbocycles. The predicted molar refractivity (Wildman–Crippen MR) is 42.5 cm³/mol. The van der Waals surface area contributed by atoms with Gasteiger partial charge in [-0.15, -0.1) is 0 Å². The van der Waals surface area contributed by atoms with Gasteiger partial charge in [-0.25, -0.2) is 0 Å². The van der Waals surface area contributed by atoms with Gasteiger partial charge < -0.3 is 15.1 Å². The maximum atomic E-state index is 8.77. The SMILES string of the molecule is OCN(CO)C1=CCCC=C1. The van der Waals surface area contributed by atoms with Gasteiger partial charge in [0.25, 0.3) is 0 Å². The number of nitrogens with zero attached hydrogens (tertiary/aromatic N) is 1. The van der Waals surface area contributed by atoms with Crippen LogP contribution in [0, 0.1) is 0 Å². The zero-order chi connectivity index (χ0) is 8.10. The molecule has 1 rings (SSSR count). The van der Waals surface area contributed by atoms with Crippen molar-refractivity contribution in [1.29, 1.82) is 0 Å². The van der Waals surface area contributed by atoms with Crippen molar-refractivity contribution in [2.24, 2.45) is 0 Å². The number of allylic oxidation sites excluding steroid dienone is 3. The Morgan fingerprint density at radius 3 is 2.45 bits per heavy atom. The summed E-state index contributed by atoms with van der Waals surface area (Å²) >= 11 is 0. The van der Waals surface area contributed by atoms with Crippen LogP contribution < -0.4 is 0 Å². The fourth-order valence-electron chi connectivity index (χ4n) is 1.04. The summed E-state index contributed by atoms with van der Waals surface area (Å²) in [5.74, 6) is 0. The second-order valence-electron chi connectivity index (χ2n) is 2.43. The summed E-state index contributed by atoms with van der Waals surface area (Å²) in [5.41, 5.74) is 0.904. The molecule has 0 saturated carbocycles. The molecule has 1 aliphatic rings. The molecular weight excluding hydrogens is 142 g/mol. The van der Waals surface area contributed by atoms with Crippen molar-refractivity contribution in [3.05, 3.63) is 23.9 Å². The van der Waals surface area contributed by atoms with Gasteiger partial charge in [0, 0.05) is 5.70 Å². The average Bonchev–Trinajstić information content (AvgIpc) is 2.09. The lowest BCUT2D eigenvalue weighted by Crippen LogP contribution is -2.24. The molecule has 11 heavy (non-hydrogen) atoms. The van der Waals surface area contributed by atoms with Gasteiger partial charge in [-0.2, -0.15) is 0 Å². The summed E-state index contributed by atoms with van der Waals surface area (Å²) in [6, 6.07) is 0. The van der Waals surface area contributed by atoms with Gasteiger partial charge in [0.05, 0.1) is 0 Å². The fourth-order valence-corrected chi connectivity index (χ4v) is 1.04. The Morgan fingerprint density at radius 1 is 1.27 bits per heavy atom. The first-order valence-corrected chi connectivity index (χ1v) is 3.72. The van der Waals surface area contributed by atoms with E-state index in [-0.39, 0.29) is 13.5 Å². The molecule has 1 aliphatic carbocycles. The van der Waals surface area contributed by atoms with Gasteiger partial charge in [-0.05, 0) is 18.9 Å². The van der Waals surface area contributed by atoms with E-state index in [0.717, 1.165) is 18.5 Å². The zero-order valence-corrected chi connectivity index (χ0v) is 6.40. The van der Waals surface area contributed by atoms with Crippen LogP contribution in [0.15, 0.2) is 23.9 Å². The Kier molecular flexibility index (Phi) is 3.14. The van der Waals surface area contributed by atoms with E-state index in [4.69, 9.17) is 10.2 Å². The first-order chi connectivity index (χ1) is 5.38. The molecule has 0 radical (unpaired) electrons. The van der Waals surface area contributed by atoms with E-state index in [1.54, 1.807) is 0 Å². The van der Waals surface area contributed by atoms with Gasteiger partial charge >= 0.3 is 0 Å². The summed E-state index contributed by atoms with van der Waals surface area (Å²) in [4.78, 5) is 1.50. The van der Waals surface area contributed by atoms with Crippen LogP contribution in [0.4, 0.5) is 0 Å². The van der Waals surface area contributed by atoms with Gasteiger partial charge in [0.1, 0.15) is 13.5 Å². The normalized spacial score (nSPS) is 16.4. The van der Waals surface area contributed by atoms with Crippen molar-refractivity contribution in [3.8, 4) is 0 Å². The molecule has 0 atom stereocenters. The van der Waals surface area contributed by atoms with Gasteiger partial charge in [0.15, 0.2) is 0 Å². The Labute approximate surface area is 66.3 Å². The number of hydrogen-bond acceptors (Lipinski definition) is 3. The van der Waals surface area contributed by atoms with Gasteiger partial charge in [0.2, 0.25) is 0 Å². The molecule has 0 amide bonds. The summed E-state index contributed by atoms with van der Waals surface area (Å²) in [6.07, 6.45) is 7.99. The van der Waals surface area contributed by atoms with Crippen molar-refractivity contribution in [3.63, 3.8) is 0 Å². The summed E-state index contributed by atoms with van der Waals surface area (Å²) in [6.45, 7) is -0.265. The highest BCUT2D eigenvalue weighted by molar-refractivity contribution is 5.20. The Balaban J connectivity index is 2.56. The Bertz CT molecular complexity index is 171. The molecule has 0 unspecified atom stereocenters. The Morgan fingerprint density at radius 2 is 2.00 bits per heavy atom. The number of hydrogen-bond donors (Lipinski definition) is 2. The van der Waals surface area contributed by atoms with Crippen LogP contribution in [0.5, 0.6) is 0 Å². The van der Waals surface area contributed by atoms with Crippen molar-refractivity contribution in [2.75, 3.05) is 13.5 Å². The molecule has 0 fully saturated rings. The number of aliphatic hydroxyl groups excluding tert-OH is 2. The Hall–Kier alpha value is -0.800. The van der Waals surface area contributed by atoms with Crippen LogP contribution in [0.1, 0.15) is 12.8 Å². The van der Waals surface area contributed by atoms with E-state index in [9.17, 15) is 0 Å². The minimum absolute atomic E-state index is 0.132. The van der Waals surface area contributed by atoms with E-state index < -0.39 is 0 Å². The second kappa shape index (κ2) is 4.16. The molecule has 0 aromatic heterocycles. The molecule has 0 saturated heterocycles. The van der Waals surface area contributed by atoms with Crippen LogP contribution in [-0.4, -0.2) is 28.6 Å². The van der Waals surface area contributed by atoms with Gasteiger partial charge in [-0.1, -0.05) is 12.2 Å². The van der Waals surface area contributed by atoms with Crippen molar-refractivity contribution in [2.45, 2.75) is 12.8 Å². The first-order valence-electron chi connectivity index (χ1n) is 3.72. The van der Waals surface area contributed by atoms with Crippen LogP contribution >= 0.6 is 0 Å². The van der Waals surface area contributed by atoms with Crippen LogP contribution in [0.2, 0.25) is 0 Å². The highest BCUT2D eigenvalue weighted by Crippen LogP contribution is 2.12. The van der Waals surface area contributed by atoms with E-state index in [1.807, 2.05) is 18.2 Å². The largest absolute Gasteiger partial charge is 0.376 e. The highest BCUT2D eigenvalue weighted by atomic mass is 16.3. The summed E-state index contributed by atoms with van der Waals surface area (Å²) < 4.78 is 0. The molecule has 0 aliphatic heterocycles. The third kappa shape index (κ3) is 2.06. The smallest absolute Gasteiger partial charge is 0.117 e. The van der Waals surface area contributed by atoms with Crippen LogP contribution in [-0.2, 0) is 0 Å². The maximum Gasteiger partial charge on any atom is 0.117 e. The average molecular weight is 155 g/mol. The third-order valence-corrected chi connectivity index (χ3v) is 1.68. The topological polar surface area (TPSA) is 43.7 Å². The first kappa shape index (κ1) is 8.30. The fraction of sp³-hybridized carbons (Fsp3) is 0.500. The van der Waals surface area contributed by atoms with Crippen molar-refractivity contribution >= 4 is 0 Å². The van der Waals surface area contributed by atoms with Crippen molar-refractivity contribution in [1.82, 2.24) is 4.90 Å². The van der Waals surface area contributed by atoms with E-state index in [1.165, 1.54) is 4.90 Å². The van der Waals surface area contributed by atoms with E-state index in [2.05, 4.69) is 0 Å². The standard InChI is InChI=1S/C8H13NO2/c10-6-9(7-11)8-4-2-1-3-5-8/h2,4-5,10-11H,1,3,6-7H2. The lowest BCUT2D eigenvalue weighted by molar-refractivity contribution is 0.0603. The van der Waals surface area contributed by atoms with Gasteiger partial charge in [-0.3, -0.25) is 0 Å². The lowest BCUT2D eigenvalue weighted by atomic mass is 10.1. The molecular formula is C8H13NO2. The molecule has 0 bridgehead atoms. The molecule has 0 spiro atoms. The molecule has 3 heteroatoms. The van der Waals surface area contributed by atoms with Crippen LogP contribution in [0.25, 0.3) is 0 Å². The monoisotopic (exact) mass is 155 g/mol. The van der Waals surface area contributed by atoms with Crippen molar-refractivity contribution < 1.29 is 10.2 Å². The molecule has 0 heterocycles. The molecule has 3 nitrogen and oxygen atoms in total. The summed E-state index contributed by atoms with van der Waals surface area (Å²) in [7, 11) is 0.